The molecule has 1 saturated carbocycles. The summed E-state index contributed by atoms with van der Waals surface area (Å²) in [7, 11) is -1.44. The standard InChI is InChI=1S/C30H42N4O7SSi/c1-32(2)42(38,39)31-29(36)26-15-14-25-27(21-10-8-7-9-11-21)28(24-13-12-23(40-3)18-22(24)19-35)33(30(25)34(26)37)20-41-16-17-43(4,5)6/h12-15,18-19,21H,7-11,16-17,20H2,1-6H3,(H,31,36). The van der Waals surface area contributed by atoms with Gasteiger partial charge in [0.25, 0.3) is 5.65 Å². The number of benzene rings is 1. The molecule has 0 aliphatic heterocycles. The number of methoxy groups -OCH3 is 1. The Hall–Kier alpha value is -3.26. The van der Waals surface area contributed by atoms with E-state index in [1.54, 1.807) is 22.8 Å². The number of hydrogen-bond donors (Lipinski definition) is 1. The maximum Gasteiger partial charge on any atom is 0.306 e. The second kappa shape index (κ2) is 13.2. The van der Waals surface area contributed by atoms with Gasteiger partial charge in [-0.3, -0.25) is 9.59 Å². The lowest BCUT2D eigenvalue weighted by atomic mass is 9.81. The van der Waals surface area contributed by atoms with Crippen LogP contribution in [0.25, 0.3) is 22.3 Å². The van der Waals surface area contributed by atoms with Crippen molar-refractivity contribution in [3.8, 4) is 17.0 Å². The predicted molar refractivity (Wildman–Crippen MR) is 168 cm³/mol. The number of carbonyl (C=O) groups excluding carboxylic acids is 2. The molecule has 2 aromatic heterocycles. The van der Waals surface area contributed by atoms with Gasteiger partial charge in [-0.15, -0.1) is 0 Å². The molecule has 1 fully saturated rings. The van der Waals surface area contributed by atoms with E-state index >= 15 is 0 Å². The highest BCUT2D eigenvalue weighted by atomic mass is 32.2. The van der Waals surface area contributed by atoms with Crippen LogP contribution in [-0.2, 0) is 21.7 Å². The van der Waals surface area contributed by atoms with Gasteiger partial charge in [0.05, 0.1) is 12.5 Å². The fraction of sp³-hybridized carbons (Fsp3) is 0.500. The lowest BCUT2D eigenvalue weighted by Crippen LogP contribution is -2.45. The molecule has 0 bridgehead atoms. The third kappa shape index (κ3) is 7.11. The minimum Gasteiger partial charge on any atom is -0.710 e. The van der Waals surface area contributed by atoms with Crippen molar-refractivity contribution in [2.45, 2.75) is 70.4 Å². The number of fused-ring (bicyclic) bond motifs is 1. The van der Waals surface area contributed by atoms with E-state index in [9.17, 15) is 23.2 Å². The highest BCUT2D eigenvalue weighted by molar-refractivity contribution is 7.87. The van der Waals surface area contributed by atoms with E-state index in [1.807, 2.05) is 10.8 Å². The molecular formula is C30H42N4O7SSi. The molecule has 1 aliphatic rings. The minimum absolute atomic E-state index is 0.0106. The number of aromatic nitrogens is 2. The van der Waals surface area contributed by atoms with E-state index < -0.39 is 24.2 Å². The van der Waals surface area contributed by atoms with Gasteiger partial charge in [0.2, 0.25) is 0 Å². The number of carbonyl (C=O) groups is 2. The van der Waals surface area contributed by atoms with Gasteiger partial charge in [-0.05, 0) is 55.1 Å². The van der Waals surface area contributed by atoms with Crippen LogP contribution in [0.4, 0.5) is 0 Å². The highest BCUT2D eigenvalue weighted by Gasteiger charge is 2.35. The van der Waals surface area contributed by atoms with Crippen LogP contribution in [0.3, 0.4) is 0 Å². The molecule has 0 atom stereocenters. The molecular weight excluding hydrogens is 589 g/mol. The molecule has 0 saturated heterocycles. The predicted octanol–water partition coefficient (Wildman–Crippen LogP) is 4.66. The SMILES string of the molecule is COc1ccc(-c2c(C3CCCCC3)c3ccc(C(=O)NS(=O)(=O)N(C)C)[n+]([O-])c3n2COCC[Si](C)(C)C)c(C=O)c1. The van der Waals surface area contributed by atoms with E-state index in [1.165, 1.54) is 27.3 Å². The van der Waals surface area contributed by atoms with E-state index in [-0.39, 0.29) is 24.0 Å². The molecule has 3 aromatic rings. The van der Waals surface area contributed by atoms with Crippen LogP contribution in [-0.4, -0.2) is 65.4 Å². The molecule has 0 spiro atoms. The van der Waals surface area contributed by atoms with E-state index in [4.69, 9.17) is 9.47 Å². The number of pyridine rings is 1. The van der Waals surface area contributed by atoms with Gasteiger partial charge in [0.1, 0.15) is 11.4 Å². The summed E-state index contributed by atoms with van der Waals surface area (Å²) in [4.78, 5) is 25.5. The van der Waals surface area contributed by atoms with E-state index in [0.29, 0.717) is 39.3 Å². The lowest BCUT2D eigenvalue weighted by molar-refractivity contribution is -0.582. The molecule has 13 heteroatoms. The number of amides is 1. The average Bonchev–Trinajstić information content (AvgIpc) is 3.29. The molecule has 2 heterocycles. The van der Waals surface area contributed by atoms with Crippen molar-refractivity contribution in [2.75, 3.05) is 27.8 Å². The Labute approximate surface area is 254 Å². The quantitative estimate of drug-likeness (QED) is 0.101. The number of rotatable bonds is 12. The summed E-state index contributed by atoms with van der Waals surface area (Å²) >= 11 is 0. The average molecular weight is 631 g/mol. The van der Waals surface area contributed by atoms with Crippen molar-refractivity contribution in [1.29, 1.82) is 0 Å². The van der Waals surface area contributed by atoms with Gasteiger partial charge < -0.3 is 14.7 Å². The molecule has 0 unspecified atom stereocenters. The maximum atomic E-state index is 14.1. The summed E-state index contributed by atoms with van der Waals surface area (Å²) in [6, 6.07) is 9.23. The molecule has 4 rings (SSSR count). The van der Waals surface area contributed by atoms with E-state index in [0.717, 1.165) is 54.3 Å². The van der Waals surface area contributed by atoms with Gasteiger partial charge in [0, 0.05) is 45.5 Å². The molecule has 234 valence electrons. The van der Waals surface area contributed by atoms with Crippen LogP contribution in [0.1, 0.15) is 64.4 Å². The van der Waals surface area contributed by atoms with Crippen molar-refractivity contribution < 1.29 is 32.2 Å². The van der Waals surface area contributed by atoms with Gasteiger partial charge >= 0.3 is 16.1 Å². The second-order valence-electron chi connectivity index (χ2n) is 12.4. The number of nitrogens with one attached hydrogen (secondary N) is 1. The zero-order chi connectivity index (χ0) is 31.5. The van der Waals surface area contributed by atoms with Crippen molar-refractivity contribution in [3.05, 3.63) is 52.4 Å². The summed E-state index contributed by atoms with van der Waals surface area (Å²) in [5.74, 6) is -0.402. The topological polar surface area (TPSA) is 134 Å². The molecule has 1 aliphatic carbocycles. The third-order valence-electron chi connectivity index (χ3n) is 7.94. The molecule has 0 radical (unpaired) electrons. The summed E-state index contributed by atoms with van der Waals surface area (Å²) in [5.41, 5.74) is 2.44. The number of nitrogens with zero attached hydrogens (tertiary/aromatic N) is 3. The first-order valence-electron chi connectivity index (χ1n) is 14.5. The Morgan fingerprint density at radius 3 is 2.47 bits per heavy atom. The zero-order valence-electron chi connectivity index (χ0n) is 25.8. The molecule has 11 nitrogen and oxygen atoms in total. The molecule has 1 N–H and O–H groups in total. The smallest absolute Gasteiger partial charge is 0.306 e. The van der Waals surface area contributed by atoms with Crippen LogP contribution in [0.15, 0.2) is 30.3 Å². The summed E-state index contributed by atoms with van der Waals surface area (Å²) in [6.45, 7) is 7.24. The Morgan fingerprint density at radius 1 is 1.16 bits per heavy atom. The summed E-state index contributed by atoms with van der Waals surface area (Å²) in [6.07, 6.45) is 5.79. The zero-order valence-corrected chi connectivity index (χ0v) is 27.6. The van der Waals surface area contributed by atoms with Crippen LogP contribution >= 0.6 is 0 Å². The summed E-state index contributed by atoms with van der Waals surface area (Å²) in [5, 5.41) is 14.7. The van der Waals surface area contributed by atoms with Gasteiger partial charge in [0.15, 0.2) is 18.7 Å². The number of hydrogen-bond acceptors (Lipinski definition) is 7. The van der Waals surface area contributed by atoms with Gasteiger partial charge in [-0.2, -0.15) is 12.7 Å². The maximum absolute atomic E-state index is 14.1. The van der Waals surface area contributed by atoms with Crippen LogP contribution in [0.2, 0.25) is 25.7 Å². The fourth-order valence-electron chi connectivity index (χ4n) is 5.54. The fourth-order valence-corrected chi connectivity index (χ4v) is 6.81. The van der Waals surface area contributed by atoms with Gasteiger partial charge in [-0.25, -0.2) is 14.0 Å². The first kappa shape index (κ1) is 32.6. The van der Waals surface area contributed by atoms with Crippen LogP contribution < -0.4 is 14.2 Å². The third-order valence-corrected chi connectivity index (χ3v) is 11.0. The number of aldehydes is 1. The lowest BCUT2D eigenvalue weighted by Gasteiger charge is -2.22. The van der Waals surface area contributed by atoms with Crippen molar-refractivity contribution in [3.63, 3.8) is 0 Å². The van der Waals surface area contributed by atoms with Crippen LogP contribution in [0, 0.1) is 5.21 Å². The largest absolute Gasteiger partial charge is 0.710 e. The Balaban J connectivity index is 2.00. The highest BCUT2D eigenvalue weighted by Crippen LogP contribution is 2.44. The van der Waals surface area contributed by atoms with Gasteiger partial charge in [-0.1, -0.05) is 38.9 Å². The van der Waals surface area contributed by atoms with Crippen LogP contribution in [0.5, 0.6) is 5.75 Å². The Bertz CT molecular complexity index is 1610. The Kier molecular flexibility index (Phi) is 9.99. The van der Waals surface area contributed by atoms with Crippen molar-refractivity contribution >= 4 is 41.5 Å². The first-order valence-corrected chi connectivity index (χ1v) is 19.7. The van der Waals surface area contributed by atoms with Crippen molar-refractivity contribution in [1.82, 2.24) is 13.6 Å². The Morgan fingerprint density at radius 2 is 1.86 bits per heavy atom. The first-order chi connectivity index (χ1) is 20.3. The monoisotopic (exact) mass is 630 g/mol. The van der Waals surface area contributed by atoms with Crippen molar-refractivity contribution in [2.24, 2.45) is 0 Å². The normalized spacial score (nSPS) is 14.8. The minimum atomic E-state index is -4.13. The molecule has 43 heavy (non-hydrogen) atoms. The van der Waals surface area contributed by atoms with E-state index in [2.05, 4.69) is 19.6 Å². The molecule has 1 amide bonds. The summed E-state index contributed by atoms with van der Waals surface area (Å²) < 4.78 is 41.4. The second-order valence-corrected chi connectivity index (χ2v) is 19.9. The number of ether oxygens (including phenoxy) is 2. The molecule has 1 aromatic carbocycles.